The van der Waals surface area contributed by atoms with Crippen LogP contribution in [0.15, 0.2) is 0 Å². The third-order valence-corrected chi connectivity index (χ3v) is 1.97. The number of hydrogen-bond donors (Lipinski definition) is 0. The van der Waals surface area contributed by atoms with Crippen LogP contribution in [0.5, 0.6) is 0 Å². The quantitative estimate of drug-likeness (QED) is 0.279. The van der Waals surface area contributed by atoms with Gasteiger partial charge in [0, 0.05) is 12.3 Å². The summed E-state index contributed by atoms with van der Waals surface area (Å²) in [6.45, 7) is 6.35. The lowest BCUT2D eigenvalue weighted by Crippen LogP contribution is -2.02. The van der Waals surface area contributed by atoms with E-state index in [1.165, 1.54) is 12.8 Å². The van der Waals surface area contributed by atoms with Crippen molar-refractivity contribution in [3.63, 3.8) is 0 Å². The average molecular weight is 209 g/mol. The van der Waals surface area contributed by atoms with Crippen molar-refractivity contribution in [2.24, 2.45) is 0 Å². The second-order valence-electron chi connectivity index (χ2n) is 3.46. The monoisotopic (exact) mass is 209 g/mol. The lowest BCUT2D eigenvalue weighted by atomic mass is 10.2. The van der Waals surface area contributed by atoms with Crippen molar-refractivity contribution in [2.45, 2.75) is 51.9 Å². The van der Waals surface area contributed by atoms with Gasteiger partial charge in [-0.05, 0) is 12.8 Å². The van der Waals surface area contributed by atoms with E-state index in [-0.39, 0.29) is 0 Å². The molecule has 0 aromatic rings. The van der Waals surface area contributed by atoms with Crippen LogP contribution in [0.1, 0.15) is 51.9 Å². The average Bonchev–Trinajstić information content (AvgIpc) is 2.24. The molecule has 15 heavy (non-hydrogen) atoms. The highest BCUT2D eigenvalue weighted by atomic mass is 16.5. The molecular formula is C13H21O2. The van der Waals surface area contributed by atoms with Crippen LogP contribution in [-0.2, 0) is 9.53 Å². The highest BCUT2D eigenvalue weighted by Crippen LogP contribution is 1.98. The Balaban J connectivity index is 3.35. The van der Waals surface area contributed by atoms with Crippen LogP contribution in [-0.4, -0.2) is 12.6 Å². The molecule has 0 saturated heterocycles. The summed E-state index contributed by atoms with van der Waals surface area (Å²) in [5.41, 5.74) is 0. The summed E-state index contributed by atoms with van der Waals surface area (Å²) in [7, 11) is 0. The van der Waals surface area contributed by atoms with Gasteiger partial charge in [-0.25, -0.2) is 4.79 Å². The summed E-state index contributed by atoms with van der Waals surface area (Å²) in [5, 5.41) is 0. The van der Waals surface area contributed by atoms with Gasteiger partial charge >= 0.3 is 5.97 Å². The third kappa shape index (κ3) is 11.0. The maximum absolute atomic E-state index is 11.0. The van der Waals surface area contributed by atoms with Crippen LogP contribution >= 0.6 is 0 Å². The minimum Gasteiger partial charge on any atom is -0.456 e. The predicted molar refractivity (Wildman–Crippen MR) is 62.1 cm³/mol. The van der Waals surface area contributed by atoms with Crippen molar-refractivity contribution in [2.75, 3.05) is 6.61 Å². The van der Waals surface area contributed by atoms with E-state index in [1.807, 2.05) is 0 Å². The number of ether oxygens (including phenoxy) is 1. The Bertz CT molecular complexity index is 210. The normalized spacial score (nSPS) is 9.20. The molecule has 0 aliphatic carbocycles. The van der Waals surface area contributed by atoms with Gasteiger partial charge in [0.15, 0.2) is 0 Å². The smallest absolute Gasteiger partial charge is 0.384 e. The number of hydrogen-bond acceptors (Lipinski definition) is 2. The van der Waals surface area contributed by atoms with Gasteiger partial charge in [-0.15, -0.1) is 0 Å². The summed E-state index contributed by atoms with van der Waals surface area (Å²) in [6.07, 6.45) is 7.00. The minimum atomic E-state index is -0.393. The fourth-order valence-electron chi connectivity index (χ4n) is 1.08. The molecule has 0 atom stereocenters. The van der Waals surface area contributed by atoms with Crippen LogP contribution < -0.4 is 0 Å². The molecule has 0 heterocycles. The largest absolute Gasteiger partial charge is 0.456 e. The first-order chi connectivity index (χ1) is 7.31. The molecule has 0 spiro atoms. The molecule has 0 aliphatic heterocycles. The molecule has 2 heteroatoms. The topological polar surface area (TPSA) is 26.3 Å². The summed E-state index contributed by atoms with van der Waals surface area (Å²) >= 11 is 0. The number of carbonyl (C=O) groups excluding carboxylic acids is 1. The Kier molecular flexibility index (Phi) is 10.4. The van der Waals surface area contributed by atoms with Crippen molar-refractivity contribution in [1.82, 2.24) is 0 Å². The summed E-state index contributed by atoms with van der Waals surface area (Å²) in [6, 6.07) is 0. The maximum Gasteiger partial charge on any atom is 0.384 e. The predicted octanol–water partition coefficient (Wildman–Crippen LogP) is 3.12. The van der Waals surface area contributed by atoms with Crippen molar-refractivity contribution < 1.29 is 9.53 Å². The van der Waals surface area contributed by atoms with Crippen LogP contribution in [0.2, 0.25) is 0 Å². The first-order valence-electron chi connectivity index (χ1n) is 5.76. The molecule has 0 aromatic heterocycles. The summed E-state index contributed by atoms with van der Waals surface area (Å²) < 4.78 is 4.94. The maximum atomic E-state index is 11.0. The second-order valence-corrected chi connectivity index (χ2v) is 3.46. The first kappa shape index (κ1) is 14.0. The fourth-order valence-corrected chi connectivity index (χ4v) is 1.08. The molecule has 0 bridgehead atoms. The van der Waals surface area contributed by atoms with Crippen LogP contribution in [0, 0.1) is 18.8 Å². The Hall–Kier alpha value is -0.970. The molecule has 0 unspecified atom stereocenters. The van der Waals surface area contributed by atoms with E-state index >= 15 is 0 Å². The molecule has 0 aromatic carbocycles. The zero-order valence-corrected chi connectivity index (χ0v) is 9.68. The van der Waals surface area contributed by atoms with E-state index in [0.717, 1.165) is 32.1 Å². The van der Waals surface area contributed by atoms with Crippen molar-refractivity contribution in [3.8, 4) is 11.8 Å². The van der Waals surface area contributed by atoms with Gasteiger partial charge in [-0.3, -0.25) is 0 Å². The lowest BCUT2D eigenvalue weighted by Gasteiger charge is -1.99. The molecule has 0 saturated carbocycles. The number of esters is 1. The number of rotatable bonds is 7. The molecular weight excluding hydrogens is 188 g/mol. The van der Waals surface area contributed by atoms with Gasteiger partial charge in [-0.1, -0.05) is 45.5 Å². The highest BCUT2D eigenvalue weighted by molar-refractivity contribution is 5.88. The van der Waals surface area contributed by atoms with Crippen LogP contribution in [0.25, 0.3) is 0 Å². The second kappa shape index (κ2) is 11.1. The van der Waals surface area contributed by atoms with Gasteiger partial charge in [0.2, 0.25) is 0 Å². The van der Waals surface area contributed by atoms with E-state index in [0.29, 0.717) is 6.61 Å². The molecule has 85 valence electrons. The van der Waals surface area contributed by atoms with E-state index in [1.54, 1.807) is 0 Å². The minimum absolute atomic E-state index is 0.393. The first-order valence-corrected chi connectivity index (χ1v) is 5.76. The molecule has 0 amide bonds. The molecule has 2 nitrogen and oxygen atoms in total. The zero-order valence-electron chi connectivity index (χ0n) is 9.68. The van der Waals surface area contributed by atoms with Gasteiger partial charge < -0.3 is 4.74 Å². The fraction of sp³-hybridized carbons (Fsp3) is 0.692. The SMILES string of the molecule is [CH2]CCCC#CC(=O)OCCCCCC. The van der Waals surface area contributed by atoms with E-state index in [4.69, 9.17) is 4.74 Å². The van der Waals surface area contributed by atoms with Gasteiger partial charge in [0.25, 0.3) is 0 Å². The molecule has 0 rings (SSSR count). The third-order valence-electron chi connectivity index (χ3n) is 1.97. The zero-order chi connectivity index (χ0) is 11.4. The van der Waals surface area contributed by atoms with Gasteiger partial charge in [0.05, 0.1) is 6.61 Å². The van der Waals surface area contributed by atoms with Gasteiger partial charge in [-0.2, -0.15) is 0 Å². The molecule has 0 N–H and O–H groups in total. The Morgan fingerprint density at radius 2 is 2.07 bits per heavy atom. The van der Waals surface area contributed by atoms with Crippen LogP contribution in [0.4, 0.5) is 0 Å². The van der Waals surface area contributed by atoms with E-state index in [2.05, 4.69) is 25.7 Å². The van der Waals surface area contributed by atoms with Crippen LogP contribution in [0.3, 0.4) is 0 Å². The van der Waals surface area contributed by atoms with E-state index in [9.17, 15) is 4.79 Å². The molecule has 0 aliphatic rings. The molecule has 1 radical (unpaired) electrons. The summed E-state index contributed by atoms with van der Waals surface area (Å²) in [5.74, 6) is 4.85. The van der Waals surface area contributed by atoms with Crippen molar-refractivity contribution in [1.29, 1.82) is 0 Å². The highest BCUT2D eigenvalue weighted by Gasteiger charge is 1.95. The summed E-state index contributed by atoms with van der Waals surface area (Å²) in [4.78, 5) is 11.0. The van der Waals surface area contributed by atoms with Gasteiger partial charge in [0.1, 0.15) is 0 Å². The van der Waals surface area contributed by atoms with Crippen molar-refractivity contribution in [3.05, 3.63) is 6.92 Å². The standard InChI is InChI=1S/C13H21O2/c1-3-5-7-9-11-13(14)15-12-10-8-6-4-2/h1,3-8,10,12H2,2H3. The lowest BCUT2D eigenvalue weighted by molar-refractivity contribution is -0.136. The number of carbonyl (C=O) groups is 1. The Morgan fingerprint density at radius 3 is 2.73 bits per heavy atom. The Morgan fingerprint density at radius 1 is 1.27 bits per heavy atom. The van der Waals surface area contributed by atoms with E-state index < -0.39 is 5.97 Å². The number of unbranched alkanes of at least 4 members (excludes halogenated alkanes) is 5. The van der Waals surface area contributed by atoms with Crippen molar-refractivity contribution >= 4 is 5.97 Å². The Labute approximate surface area is 93.4 Å². The molecule has 0 fully saturated rings.